The molecule has 0 radical (unpaired) electrons. The molecule has 4 N–H and O–H groups in total. The highest BCUT2D eigenvalue weighted by molar-refractivity contribution is 6.23. The molecule has 0 aliphatic carbocycles. The van der Waals surface area contributed by atoms with Gasteiger partial charge < -0.3 is 21.3 Å². The lowest BCUT2D eigenvalue weighted by molar-refractivity contribution is 1.28. The van der Waals surface area contributed by atoms with Gasteiger partial charge in [0.2, 0.25) is 0 Å². The van der Waals surface area contributed by atoms with Crippen molar-refractivity contribution < 1.29 is 0 Å². The Bertz CT molecular complexity index is 2830. The largest absolute Gasteiger partial charge is 0.397 e. The van der Waals surface area contributed by atoms with E-state index in [2.05, 4.69) is 207 Å². The minimum atomic E-state index is 0.641. The van der Waals surface area contributed by atoms with Crippen molar-refractivity contribution in [1.29, 1.82) is 0 Å². The van der Waals surface area contributed by atoms with Gasteiger partial charge in [0.25, 0.3) is 0 Å². The molecule has 0 aliphatic rings. The first-order chi connectivity index (χ1) is 29.2. The fourth-order valence-electron chi connectivity index (χ4n) is 8.21. The van der Waals surface area contributed by atoms with Gasteiger partial charge in [-0.05, 0) is 111 Å². The highest BCUT2D eigenvalue weighted by Crippen LogP contribution is 2.51. The lowest BCUT2D eigenvalue weighted by Crippen LogP contribution is -2.14. The van der Waals surface area contributed by atoms with E-state index in [-0.39, 0.29) is 0 Å². The van der Waals surface area contributed by atoms with E-state index >= 15 is 0 Å². The summed E-state index contributed by atoms with van der Waals surface area (Å²) in [7, 11) is 0. The monoisotopic (exact) mass is 776 g/mol. The molecule has 10 aromatic carbocycles. The summed E-state index contributed by atoms with van der Waals surface area (Å²) in [6.07, 6.45) is 0. The van der Waals surface area contributed by atoms with Crippen molar-refractivity contribution >= 4 is 88.6 Å². The fraction of sp³-hybridized carbons (Fsp3) is 0.0714. The molecule has 10 rings (SSSR count). The minimum Gasteiger partial charge on any atom is -0.397 e. The number of hydrogen-bond acceptors (Lipinski definition) is 4. The van der Waals surface area contributed by atoms with Gasteiger partial charge in [0, 0.05) is 49.7 Å². The number of rotatable bonds is 6. The standard InChI is InChI=1S/C42H36N2.C14H12N2/c1-29-13-21-33(22-14-29)43(34-23-15-30(2)16-24-34)41-37-9-5-7-11-39(37)42(40-12-8-6-10-38(40)41)44(35-25-17-31(3)18-26-35)36-27-19-32(4)20-28-36;15-13-6-5-11-7-9-3-1-2-4-10(9)8-12(11)14(13)16/h5-28H,1-4H3;1-8H,15-16H2. The fourth-order valence-corrected chi connectivity index (χ4v) is 8.21. The summed E-state index contributed by atoms with van der Waals surface area (Å²) in [6.45, 7) is 8.57. The SMILES string of the molecule is Cc1ccc(N(c2ccc(C)cc2)c2c3ccccc3c(N(c3ccc(C)cc3)c3ccc(C)cc3)c3ccccc23)cc1.Nc1ccc2cc3ccccc3cc2c1N. The van der Waals surface area contributed by atoms with Crippen LogP contribution in [-0.4, -0.2) is 0 Å². The number of hydrogen-bond donors (Lipinski definition) is 2. The van der Waals surface area contributed by atoms with Crippen molar-refractivity contribution in [3.05, 3.63) is 216 Å². The zero-order chi connectivity index (χ0) is 41.3. The van der Waals surface area contributed by atoms with Crippen LogP contribution in [0, 0.1) is 27.7 Å². The smallest absolute Gasteiger partial charge is 0.0627 e. The van der Waals surface area contributed by atoms with Crippen molar-refractivity contribution in [1.82, 2.24) is 0 Å². The summed E-state index contributed by atoms with van der Waals surface area (Å²) >= 11 is 0. The molecule has 0 fully saturated rings. The van der Waals surface area contributed by atoms with Gasteiger partial charge in [0.1, 0.15) is 0 Å². The molecule has 4 nitrogen and oxygen atoms in total. The molecule has 4 heteroatoms. The Morgan fingerprint density at radius 3 is 0.967 bits per heavy atom. The summed E-state index contributed by atoms with van der Waals surface area (Å²) in [5.41, 5.74) is 25.0. The van der Waals surface area contributed by atoms with E-state index in [0.717, 1.165) is 33.5 Å². The Morgan fingerprint density at radius 1 is 0.300 bits per heavy atom. The zero-order valence-corrected chi connectivity index (χ0v) is 34.5. The lowest BCUT2D eigenvalue weighted by Gasteiger charge is -2.33. The number of benzene rings is 10. The van der Waals surface area contributed by atoms with Crippen LogP contribution in [0.2, 0.25) is 0 Å². The topological polar surface area (TPSA) is 58.5 Å². The number of aryl methyl sites for hydroxylation is 4. The van der Waals surface area contributed by atoms with Gasteiger partial charge >= 0.3 is 0 Å². The molecule has 292 valence electrons. The lowest BCUT2D eigenvalue weighted by atomic mass is 9.95. The van der Waals surface area contributed by atoms with Gasteiger partial charge in [-0.2, -0.15) is 0 Å². The normalized spacial score (nSPS) is 11.1. The molecule has 10 aromatic rings. The number of nitrogen functional groups attached to an aromatic ring is 2. The highest BCUT2D eigenvalue weighted by atomic mass is 15.2. The van der Waals surface area contributed by atoms with Crippen LogP contribution in [0.5, 0.6) is 0 Å². The van der Waals surface area contributed by atoms with Gasteiger partial charge in [0.15, 0.2) is 0 Å². The Kier molecular flexibility index (Phi) is 10.1. The van der Waals surface area contributed by atoms with Crippen molar-refractivity contribution in [3.63, 3.8) is 0 Å². The molecular formula is C56H48N4. The van der Waals surface area contributed by atoms with E-state index in [1.54, 1.807) is 0 Å². The van der Waals surface area contributed by atoms with Crippen LogP contribution >= 0.6 is 0 Å². The van der Waals surface area contributed by atoms with Crippen LogP contribution < -0.4 is 21.3 Å². The van der Waals surface area contributed by atoms with E-state index < -0.39 is 0 Å². The van der Waals surface area contributed by atoms with E-state index in [1.807, 2.05) is 24.3 Å². The maximum absolute atomic E-state index is 5.98. The molecule has 0 spiro atoms. The number of fused-ring (bicyclic) bond motifs is 4. The maximum atomic E-state index is 5.98. The molecule has 0 saturated heterocycles. The second-order valence-corrected chi connectivity index (χ2v) is 15.8. The first-order valence-corrected chi connectivity index (χ1v) is 20.5. The second kappa shape index (κ2) is 16.0. The molecule has 0 aromatic heterocycles. The maximum Gasteiger partial charge on any atom is 0.0627 e. The van der Waals surface area contributed by atoms with Crippen molar-refractivity contribution in [3.8, 4) is 0 Å². The molecular weight excluding hydrogens is 729 g/mol. The highest BCUT2D eigenvalue weighted by Gasteiger charge is 2.25. The number of anilines is 8. The molecule has 0 amide bonds. The summed E-state index contributed by atoms with van der Waals surface area (Å²) in [6, 6.07) is 69.6. The van der Waals surface area contributed by atoms with Crippen LogP contribution in [0.3, 0.4) is 0 Å². The van der Waals surface area contributed by atoms with E-state index in [1.165, 1.54) is 65.9 Å². The summed E-state index contributed by atoms with van der Waals surface area (Å²) in [5, 5.41) is 9.37. The van der Waals surface area contributed by atoms with E-state index in [4.69, 9.17) is 11.5 Å². The Balaban J connectivity index is 0.000000240. The Morgan fingerprint density at radius 2 is 0.617 bits per heavy atom. The van der Waals surface area contributed by atoms with Crippen LogP contribution in [0.15, 0.2) is 194 Å². The molecule has 0 heterocycles. The average Bonchev–Trinajstić information content (AvgIpc) is 3.28. The predicted octanol–water partition coefficient (Wildman–Crippen LogP) is 15.3. The quantitative estimate of drug-likeness (QED) is 0.100. The Labute approximate surface area is 352 Å². The zero-order valence-electron chi connectivity index (χ0n) is 34.5. The van der Waals surface area contributed by atoms with Gasteiger partial charge in [-0.1, -0.05) is 150 Å². The third-order valence-electron chi connectivity index (χ3n) is 11.5. The first-order valence-electron chi connectivity index (χ1n) is 20.5. The molecule has 0 saturated carbocycles. The van der Waals surface area contributed by atoms with Gasteiger partial charge in [-0.3, -0.25) is 0 Å². The van der Waals surface area contributed by atoms with Gasteiger partial charge in [-0.25, -0.2) is 0 Å². The Hall–Kier alpha value is -7.56. The average molecular weight is 777 g/mol. The van der Waals surface area contributed by atoms with Gasteiger partial charge in [-0.15, -0.1) is 0 Å². The number of nitrogens with zero attached hydrogens (tertiary/aromatic N) is 2. The molecule has 0 aliphatic heterocycles. The molecule has 0 unspecified atom stereocenters. The van der Waals surface area contributed by atoms with E-state index in [0.29, 0.717) is 11.4 Å². The van der Waals surface area contributed by atoms with Crippen LogP contribution in [0.4, 0.5) is 45.5 Å². The molecule has 0 atom stereocenters. The summed E-state index contributed by atoms with van der Waals surface area (Å²) in [4.78, 5) is 4.85. The van der Waals surface area contributed by atoms with Crippen LogP contribution in [0.1, 0.15) is 22.3 Å². The third-order valence-corrected chi connectivity index (χ3v) is 11.5. The van der Waals surface area contributed by atoms with Crippen molar-refractivity contribution in [2.24, 2.45) is 0 Å². The van der Waals surface area contributed by atoms with Gasteiger partial charge in [0.05, 0.1) is 22.7 Å². The van der Waals surface area contributed by atoms with Crippen molar-refractivity contribution in [2.45, 2.75) is 27.7 Å². The first kappa shape index (κ1) is 38.0. The minimum absolute atomic E-state index is 0.641. The second-order valence-electron chi connectivity index (χ2n) is 15.8. The van der Waals surface area contributed by atoms with Crippen LogP contribution in [-0.2, 0) is 0 Å². The summed E-state index contributed by atoms with van der Waals surface area (Å²) < 4.78 is 0. The number of nitrogens with two attached hydrogens (primary N) is 2. The molecule has 60 heavy (non-hydrogen) atoms. The van der Waals surface area contributed by atoms with E-state index in [9.17, 15) is 0 Å². The van der Waals surface area contributed by atoms with Crippen LogP contribution in [0.25, 0.3) is 43.1 Å². The predicted molar refractivity (Wildman–Crippen MR) is 260 cm³/mol. The third kappa shape index (κ3) is 7.25. The summed E-state index contributed by atoms with van der Waals surface area (Å²) in [5.74, 6) is 0. The molecule has 0 bridgehead atoms. The van der Waals surface area contributed by atoms with Crippen molar-refractivity contribution in [2.75, 3.05) is 21.3 Å².